The average molecular weight is 150 g/mol. The van der Waals surface area contributed by atoms with Gasteiger partial charge < -0.3 is 0 Å². The molecule has 0 bridgehead atoms. The van der Waals surface area contributed by atoms with E-state index >= 15 is 0 Å². The number of nitrogens with zero attached hydrogens (tertiary/aromatic N) is 2. The topological polar surface area (TPSA) is 25.8 Å². The van der Waals surface area contributed by atoms with Crippen LogP contribution in [0.3, 0.4) is 0 Å². The Morgan fingerprint density at radius 3 is 3.30 bits per heavy atom. The molecule has 0 aromatic carbocycles. The molecule has 0 N–H and O–H groups in total. The molecule has 0 amide bonds. The maximum Gasteiger partial charge on any atom is 0.126 e. The summed E-state index contributed by atoms with van der Waals surface area (Å²) in [6, 6.07) is 2.03. The predicted molar refractivity (Wildman–Crippen MR) is 42.2 cm³/mol. The highest BCUT2D eigenvalue weighted by atomic mass is 32.1. The third-order valence-corrected chi connectivity index (χ3v) is 2.15. The summed E-state index contributed by atoms with van der Waals surface area (Å²) in [4.78, 5) is 9.39. The summed E-state index contributed by atoms with van der Waals surface area (Å²) in [5, 5.41) is 3.16. The minimum atomic E-state index is 0.843. The SMILES string of the molecule is Cc1ncc2ccsc2n1. The minimum absolute atomic E-state index is 0.843. The zero-order chi connectivity index (χ0) is 6.97. The Labute approximate surface area is 62.6 Å². The van der Waals surface area contributed by atoms with Gasteiger partial charge in [-0.1, -0.05) is 0 Å². The van der Waals surface area contributed by atoms with Crippen molar-refractivity contribution >= 4 is 21.6 Å². The Hall–Kier alpha value is -0.960. The van der Waals surface area contributed by atoms with Crippen molar-refractivity contribution in [2.24, 2.45) is 0 Å². The monoisotopic (exact) mass is 150 g/mol. The van der Waals surface area contributed by atoms with Crippen LogP contribution in [-0.4, -0.2) is 9.97 Å². The Morgan fingerprint density at radius 2 is 2.40 bits per heavy atom. The molecule has 0 saturated carbocycles. The normalized spacial score (nSPS) is 10.5. The molecule has 2 aromatic rings. The molecule has 2 heterocycles. The van der Waals surface area contributed by atoms with Crippen molar-refractivity contribution in [2.75, 3.05) is 0 Å². The fraction of sp³-hybridized carbons (Fsp3) is 0.143. The van der Waals surface area contributed by atoms with Crippen LogP contribution < -0.4 is 0 Å². The smallest absolute Gasteiger partial charge is 0.126 e. The second-order valence-electron chi connectivity index (χ2n) is 2.10. The summed E-state index contributed by atoms with van der Waals surface area (Å²) in [6.07, 6.45) is 1.86. The molecule has 0 fully saturated rings. The molecule has 2 nitrogen and oxygen atoms in total. The van der Waals surface area contributed by atoms with Gasteiger partial charge in [0.2, 0.25) is 0 Å². The van der Waals surface area contributed by atoms with Crippen LogP contribution in [0.4, 0.5) is 0 Å². The molecular weight excluding hydrogens is 144 g/mol. The van der Waals surface area contributed by atoms with Gasteiger partial charge in [-0.05, 0) is 18.4 Å². The van der Waals surface area contributed by atoms with Gasteiger partial charge in [0.25, 0.3) is 0 Å². The molecule has 3 heteroatoms. The second kappa shape index (κ2) is 2.02. The molecule has 10 heavy (non-hydrogen) atoms. The summed E-state index contributed by atoms with van der Waals surface area (Å²) in [6.45, 7) is 1.90. The standard InChI is InChI=1S/C7H6N2S/c1-5-8-4-6-2-3-10-7(6)9-5/h2-4H,1H3. The molecule has 50 valence electrons. The first kappa shape index (κ1) is 5.80. The number of aromatic nitrogens is 2. The van der Waals surface area contributed by atoms with E-state index in [9.17, 15) is 0 Å². The van der Waals surface area contributed by atoms with Crippen LogP contribution in [0.15, 0.2) is 17.6 Å². The Bertz CT molecular complexity index is 353. The molecule has 0 radical (unpaired) electrons. The summed E-state index contributed by atoms with van der Waals surface area (Å²) < 4.78 is 0. The summed E-state index contributed by atoms with van der Waals surface area (Å²) >= 11 is 1.65. The molecule has 0 aliphatic heterocycles. The van der Waals surface area contributed by atoms with Crippen molar-refractivity contribution in [1.82, 2.24) is 9.97 Å². The highest BCUT2D eigenvalue weighted by molar-refractivity contribution is 7.16. The van der Waals surface area contributed by atoms with E-state index in [-0.39, 0.29) is 0 Å². The van der Waals surface area contributed by atoms with Gasteiger partial charge in [0.15, 0.2) is 0 Å². The van der Waals surface area contributed by atoms with E-state index in [1.54, 1.807) is 11.3 Å². The Kier molecular flexibility index (Phi) is 1.17. The molecule has 0 saturated heterocycles. The van der Waals surface area contributed by atoms with Crippen molar-refractivity contribution in [2.45, 2.75) is 6.92 Å². The van der Waals surface area contributed by atoms with Crippen molar-refractivity contribution in [3.63, 3.8) is 0 Å². The number of thiophene rings is 1. The van der Waals surface area contributed by atoms with Gasteiger partial charge >= 0.3 is 0 Å². The summed E-state index contributed by atoms with van der Waals surface area (Å²) in [5.41, 5.74) is 0. The van der Waals surface area contributed by atoms with Gasteiger partial charge in [0.05, 0.1) is 0 Å². The number of fused-ring (bicyclic) bond motifs is 1. The average Bonchev–Trinajstić information content (AvgIpc) is 2.33. The van der Waals surface area contributed by atoms with E-state index in [0.717, 1.165) is 16.0 Å². The van der Waals surface area contributed by atoms with Crippen LogP contribution in [-0.2, 0) is 0 Å². The number of aryl methyl sites for hydroxylation is 1. The van der Waals surface area contributed by atoms with Gasteiger partial charge in [-0.15, -0.1) is 11.3 Å². The minimum Gasteiger partial charge on any atom is -0.241 e. The molecule has 0 unspecified atom stereocenters. The number of rotatable bonds is 0. The summed E-state index contributed by atoms with van der Waals surface area (Å²) in [5.74, 6) is 0.843. The Balaban J connectivity index is 2.86. The van der Waals surface area contributed by atoms with Crippen LogP contribution >= 0.6 is 11.3 Å². The van der Waals surface area contributed by atoms with E-state index in [0.29, 0.717) is 0 Å². The molecule has 2 aromatic heterocycles. The first-order chi connectivity index (χ1) is 4.86. The van der Waals surface area contributed by atoms with Gasteiger partial charge in [0, 0.05) is 11.6 Å². The van der Waals surface area contributed by atoms with Crippen LogP contribution in [0.1, 0.15) is 5.82 Å². The van der Waals surface area contributed by atoms with E-state index in [4.69, 9.17) is 0 Å². The quantitative estimate of drug-likeness (QED) is 0.574. The van der Waals surface area contributed by atoms with Crippen LogP contribution in [0.5, 0.6) is 0 Å². The van der Waals surface area contributed by atoms with Crippen LogP contribution in [0.25, 0.3) is 10.2 Å². The van der Waals surface area contributed by atoms with Gasteiger partial charge in [-0.25, -0.2) is 9.97 Å². The van der Waals surface area contributed by atoms with E-state index in [1.807, 2.05) is 24.6 Å². The van der Waals surface area contributed by atoms with E-state index in [2.05, 4.69) is 9.97 Å². The highest BCUT2D eigenvalue weighted by Crippen LogP contribution is 2.16. The third-order valence-electron chi connectivity index (χ3n) is 1.33. The number of hydrogen-bond acceptors (Lipinski definition) is 3. The zero-order valence-electron chi connectivity index (χ0n) is 5.53. The lowest BCUT2D eigenvalue weighted by Crippen LogP contribution is -1.82. The third kappa shape index (κ3) is 0.789. The van der Waals surface area contributed by atoms with E-state index < -0.39 is 0 Å². The van der Waals surface area contributed by atoms with Crippen LogP contribution in [0, 0.1) is 6.92 Å². The van der Waals surface area contributed by atoms with Crippen molar-refractivity contribution < 1.29 is 0 Å². The lowest BCUT2D eigenvalue weighted by Gasteiger charge is -1.88. The van der Waals surface area contributed by atoms with Gasteiger partial charge in [0.1, 0.15) is 10.7 Å². The van der Waals surface area contributed by atoms with Gasteiger partial charge in [-0.3, -0.25) is 0 Å². The zero-order valence-corrected chi connectivity index (χ0v) is 6.35. The maximum absolute atomic E-state index is 4.24. The van der Waals surface area contributed by atoms with Crippen LogP contribution in [0.2, 0.25) is 0 Å². The van der Waals surface area contributed by atoms with E-state index in [1.165, 1.54) is 0 Å². The highest BCUT2D eigenvalue weighted by Gasteiger charge is 1.94. The first-order valence-corrected chi connectivity index (χ1v) is 3.91. The molecule has 0 aliphatic rings. The largest absolute Gasteiger partial charge is 0.241 e. The molecule has 0 aliphatic carbocycles. The molecule has 2 rings (SSSR count). The van der Waals surface area contributed by atoms with Crippen molar-refractivity contribution in [3.8, 4) is 0 Å². The molecule has 0 atom stereocenters. The number of hydrogen-bond donors (Lipinski definition) is 0. The molecular formula is C7H6N2S. The summed E-state index contributed by atoms with van der Waals surface area (Å²) in [7, 11) is 0. The fourth-order valence-electron chi connectivity index (χ4n) is 0.839. The lowest BCUT2D eigenvalue weighted by atomic mass is 10.4. The van der Waals surface area contributed by atoms with Crippen molar-refractivity contribution in [3.05, 3.63) is 23.5 Å². The predicted octanol–water partition coefficient (Wildman–Crippen LogP) is 2.00. The maximum atomic E-state index is 4.24. The second-order valence-corrected chi connectivity index (χ2v) is 2.99. The Morgan fingerprint density at radius 1 is 1.50 bits per heavy atom. The lowest BCUT2D eigenvalue weighted by molar-refractivity contribution is 1.10. The first-order valence-electron chi connectivity index (χ1n) is 3.03. The molecule has 0 spiro atoms. The van der Waals surface area contributed by atoms with Gasteiger partial charge in [-0.2, -0.15) is 0 Å². The fourth-order valence-corrected chi connectivity index (χ4v) is 1.62. The van der Waals surface area contributed by atoms with Crippen molar-refractivity contribution in [1.29, 1.82) is 0 Å².